The van der Waals surface area contributed by atoms with Gasteiger partial charge in [0.05, 0.1) is 23.0 Å². The largest absolute Gasteiger partial charge is 0.383 e. The summed E-state index contributed by atoms with van der Waals surface area (Å²) < 4.78 is 6.54. The van der Waals surface area contributed by atoms with E-state index in [-0.39, 0.29) is 5.91 Å². The van der Waals surface area contributed by atoms with Crippen LogP contribution in [0.1, 0.15) is 10.5 Å². The van der Waals surface area contributed by atoms with Crippen molar-refractivity contribution in [3.05, 3.63) is 70.3 Å². The zero-order valence-electron chi connectivity index (χ0n) is 14.1. The fraction of sp³-hybridized carbons (Fsp3) is 0.158. The lowest BCUT2D eigenvalue weighted by atomic mass is 10.1. The highest BCUT2D eigenvalue weighted by Gasteiger charge is 2.18. The van der Waals surface area contributed by atoms with Gasteiger partial charge in [-0.15, -0.1) is 0 Å². The first-order chi connectivity index (χ1) is 12.6. The molecule has 3 aromatic rings. The number of carbonyl (C=O) groups excluding carboxylic acids is 1. The van der Waals surface area contributed by atoms with Crippen LogP contribution in [0.3, 0.4) is 0 Å². The molecule has 0 spiro atoms. The highest BCUT2D eigenvalue weighted by Crippen LogP contribution is 2.28. The maximum Gasteiger partial charge on any atom is 0.270 e. The summed E-state index contributed by atoms with van der Waals surface area (Å²) in [6.45, 7) is 0.825. The topological polar surface area (TPSA) is 56.1 Å². The van der Waals surface area contributed by atoms with Crippen LogP contribution in [0.15, 0.2) is 54.6 Å². The molecular weight excluding hydrogens is 373 g/mol. The molecule has 0 aliphatic heterocycles. The van der Waals surface area contributed by atoms with Gasteiger partial charge in [-0.05, 0) is 30.3 Å². The van der Waals surface area contributed by atoms with Gasteiger partial charge >= 0.3 is 0 Å². The molecule has 26 heavy (non-hydrogen) atoms. The van der Waals surface area contributed by atoms with Crippen molar-refractivity contribution in [3.8, 4) is 16.9 Å². The molecule has 1 heterocycles. The Morgan fingerprint density at radius 2 is 1.96 bits per heavy atom. The van der Waals surface area contributed by atoms with E-state index in [9.17, 15) is 4.79 Å². The van der Waals surface area contributed by atoms with Gasteiger partial charge in [-0.2, -0.15) is 5.10 Å². The Hall–Kier alpha value is -2.34. The Balaban J connectivity index is 2.06. The molecule has 0 aliphatic carbocycles. The predicted octanol–water partition coefficient (Wildman–Crippen LogP) is 4.22. The van der Waals surface area contributed by atoms with E-state index in [4.69, 9.17) is 27.9 Å². The van der Waals surface area contributed by atoms with Crippen molar-refractivity contribution in [2.75, 3.05) is 20.3 Å². The molecule has 134 valence electrons. The average molecular weight is 390 g/mol. The predicted molar refractivity (Wildman–Crippen MR) is 103 cm³/mol. The van der Waals surface area contributed by atoms with E-state index >= 15 is 0 Å². The molecule has 0 atom stereocenters. The van der Waals surface area contributed by atoms with E-state index in [1.165, 1.54) is 0 Å². The van der Waals surface area contributed by atoms with Gasteiger partial charge in [-0.1, -0.05) is 47.5 Å². The summed E-state index contributed by atoms with van der Waals surface area (Å²) in [5, 5.41) is 8.52. The smallest absolute Gasteiger partial charge is 0.270 e. The van der Waals surface area contributed by atoms with E-state index in [2.05, 4.69) is 10.4 Å². The maximum atomic E-state index is 12.6. The number of hydrogen-bond donors (Lipinski definition) is 1. The first-order valence-electron chi connectivity index (χ1n) is 7.98. The highest BCUT2D eigenvalue weighted by atomic mass is 35.5. The van der Waals surface area contributed by atoms with Crippen molar-refractivity contribution in [1.82, 2.24) is 15.1 Å². The summed E-state index contributed by atoms with van der Waals surface area (Å²) >= 11 is 12.4. The first-order valence-corrected chi connectivity index (χ1v) is 8.74. The van der Waals surface area contributed by atoms with Gasteiger partial charge in [0.2, 0.25) is 0 Å². The first kappa shape index (κ1) is 18.5. The summed E-state index contributed by atoms with van der Waals surface area (Å²) in [5.41, 5.74) is 2.43. The monoisotopic (exact) mass is 389 g/mol. The molecular formula is C19H17Cl2N3O2. The number of amides is 1. The Kier molecular flexibility index (Phi) is 5.93. The lowest BCUT2D eigenvalue weighted by Crippen LogP contribution is -2.28. The van der Waals surface area contributed by atoms with E-state index in [0.717, 1.165) is 5.56 Å². The van der Waals surface area contributed by atoms with Crippen molar-refractivity contribution in [2.45, 2.75) is 0 Å². The second-order valence-electron chi connectivity index (χ2n) is 5.54. The summed E-state index contributed by atoms with van der Waals surface area (Å²) in [6, 6.07) is 16.2. The van der Waals surface area contributed by atoms with E-state index in [0.29, 0.717) is 40.3 Å². The van der Waals surface area contributed by atoms with E-state index in [1.54, 1.807) is 42.1 Å². The van der Waals surface area contributed by atoms with Gasteiger partial charge in [-0.3, -0.25) is 4.79 Å². The van der Waals surface area contributed by atoms with Gasteiger partial charge in [0.25, 0.3) is 5.91 Å². The summed E-state index contributed by atoms with van der Waals surface area (Å²) in [4.78, 5) is 12.6. The number of methoxy groups -OCH3 is 1. The molecule has 5 nitrogen and oxygen atoms in total. The van der Waals surface area contributed by atoms with Gasteiger partial charge in [-0.25, -0.2) is 4.68 Å². The lowest BCUT2D eigenvalue weighted by Gasteiger charge is -2.08. The van der Waals surface area contributed by atoms with Gasteiger partial charge < -0.3 is 10.1 Å². The minimum absolute atomic E-state index is 0.257. The summed E-state index contributed by atoms with van der Waals surface area (Å²) in [7, 11) is 1.58. The average Bonchev–Trinajstić information content (AvgIpc) is 3.07. The zero-order valence-corrected chi connectivity index (χ0v) is 15.6. The zero-order chi connectivity index (χ0) is 18.5. The molecule has 0 saturated carbocycles. The number of benzene rings is 2. The number of carbonyl (C=O) groups is 1. The lowest BCUT2D eigenvalue weighted by molar-refractivity contribution is 0.0929. The van der Waals surface area contributed by atoms with E-state index in [1.807, 2.05) is 24.3 Å². The number of nitrogens with zero attached hydrogens (tertiary/aromatic N) is 2. The Bertz CT molecular complexity index is 925. The number of aromatic nitrogens is 2. The van der Waals surface area contributed by atoms with E-state index < -0.39 is 0 Å². The molecule has 1 N–H and O–H groups in total. The third-order valence-corrected chi connectivity index (χ3v) is 4.30. The summed E-state index contributed by atoms with van der Waals surface area (Å²) in [5.74, 6) is -0.257. The van der Waals surface area contributed by atoms with Crippen LogP contribution < -0.4 is 5.32 Å². The number of hydrogen-bond acceptors (Lipinski definition) is 3. The SMILES string of the molecule is COCCNC(=O)c1cc(-c2ccccc2Cl)nn1-c1cccc(Cl)c1. The van der Waals surface area contributed by atoms with Crippen LogP contribution in [0.2, 0.25) is 10.0 Å². The number of ether oxygens (including phenoxy) is 1. The van der Waals surface area contributed by atoms with Crippen LogP contribution in [-0.4, -0.2) is 35.9 Å². The molecule has 0 unspecified atom stereocenters. The fourth-order valence-electron chi connectivity index (χ4n) is 2.51. The van der Waals surface area contributed by atoms with Gasteiger partial charge in [0.1, 0.15) is 5.69 Å². The third kappa shape index (κ3) is 4.07. The molecule has 7 heteroatoms. The molecule has 1 aromatic heterocycles. The Morgan fingerprint density at radius 1 is 1.15 bits per heavy atom. The summed E-state index contributed by atoms with van der Waals surface area (Å²) in [6.07, 6.45) is 0. The molecule has 0 radical (unpaired) electrons. The van der Waals surface area contributed by atoms with Crippen LogP contribution in [-0.2, 0) is 4.74 Å². The van der Waals surface area contributed by atoms with Gasteiger partial charge in [0, 0.05) is 24.2 Å². The fourth-order valence-corrected chi connectivity index (χ4v) is 2.92. The maximum absolute atomic E-state index is 12.6. The molecule has 3 rings (SSSR count). The molecule has 0 saturated heterocycles. The third-order valence-electron chi connectivity index (χ3n) is 3.74. The molecule has 0 bridgehead atoms. The molecule has 0 aliphatic rings. The van der Waals surface area contributed by atoms with Crippen molar-refractivity contribution >= 4 is 29.1 Å². The van der Waals surface area contributed by atoms with Crippen LogP contribution in [0.25, 0.3) is 16.9 Å². The molecule has 2 aromatic carbocycles. The van der Waals surface area contributed by atoms with Crippen LogP contribution in [0, 0.1) is 0 Å². The Morgan fingerprint density at radius 3 is 2.69 bits per heavy atom. The Labute approximate surface area is 161 Å². The minimum Gasteiger partial charge on any atom is -0.383 e. The van der Waals surface area contributed by atoms with Gasteiger partial charge in [0.15, 0.2) is 0 Å². The van der Waals surface area contributed by atoms with Crippen molar-refractivity contribution < 1.29 is 9.53 Å². The van der Waals surface area contributed by atoms with Crippen molar-refractivity contribution in [3.63, 3.8) is 0 Å². The number of rotatable bonds is 6. The van der Waals surface area contributed by atoms with Crippen LogP contribution >= 0.6 is 23.2 Å². The normalized spacial score (nSPS) is 10.7. The molecule has 0 fully saturated rings. The van der Waals surface area contributed by atoms with Crippen LogP contribution in [0.5, 0.6) is 0 Å². The molecule has 1 amide bonds. The minimum atomic E-state index is -0.257. The van der Waals surface area contributed by atoms with Crippen molar-refractivity contribution in [2.24, 2.45) is 0 Å². The second kappa shape index (κ2) is 8.36. The standard InChI is InChI=1S/C19H17Cl2N3O2/c1-26-10-9-22-19(25)18-12-17(15-7-2-3-8-16(15)21)23-24(18)14-6-4-5-13(20)11-14/h2-8,11-12H,9-10H2,1H3,(H,22,25). The quantitative estimate of drug-likeness (QED) is 0.642. The number of halogens is 2. The van der Waals surface area contributed by atoms with Crippen LogP contribution in [0.4, 0.5) is 0 Å². The second-order valence-corrected chi connectivity index (χ2v) is 6.38. The number of nitrogens with one attached hydrogen (secondary N) is 1. The highest BCUT2D eigenvalue weighted by molar-refractivity contribution is 6.33. The van der Waals surface area contributed by atoms with Crippen molar-refractivity contribution in [1.29, 1.82) is 0 Å².